The molecule has 23 heavy (non-hydrogen) atoms. The molecular formula is C17H26N4O2. The Morgan fingerprint density at radius 2 is 2.26 bits per heavy atom. The fraction of sp³-hybridized carbons (Fsp3) is 0.647. The van der Waals surface area contributed by atoms with Crippen LogP contribution in [0.4, 0.5) is 10.6 Å². The number of aryl methyl sites for hydroxylation is 1. The molecule has 2 aliphatic rings. The lowest BCUT2D eigenvalue weighted by Gasteiger charge is -2.34. The lowest BCUT2D eigenvalue weighted by Crippen LogP contribution is -2.50. The van der Waals surface area contributed by atoms with Crippen LogP contribution < -0.4 is 5.32 Å². The summed E-state index contributed by atoms with van der Waals surface area (Å²) in [7, 11) is 2.14. The number of morpholine rings is 1. The lowest BCUT2D eigenvalue weighted by molar-refractivity contribution is -0.0261. The topological polar surface area (TPSA) is 57.7 Å². The molecule has 0 aromatic carbocycles. The van der Waals surface area contributed by atoms with Crippen LogP contribution in [0, 0.1) is 12.8 Å². The van der Waals surface area contributed by atoms with Crippen molar-refractivity contribution in [3.63, 3.8) is 0 Å². The molecule has 6 nitrogen and oxygen atoms in total. The second kappa shape index (κ2) is 7.27. The zero-order valence-corrected chi connectivity index (χ0v) is 14.0. The summed E-state index contributed by atoms with van der Waals surface area (Å²) in [5.41, 5.74) is 1.08. The first-order chi connectivity index (χ1) is 11.1. The van der Waals surface area contributed by atoms with Crippen molar-refractivity contribution in [1.29, 1.82) is 0 Å². The maximum atomic E-state index is 12.4. The second-order valence-electron chi connectivity index (χ2n) is 6.75. The number of amides is 2. The van der Waals surface area contributed by atoms with Gasteiger partial charge in [-0.2, -0.15) is 0 Å². The fourth-order valence-electron chi connectivity index (χ4n) is 2.91. The molecule has 0 unspecified atom stereocenters. The van der Waals surface area contributed by atoms with E-state index in [1.165, 1.54) is 12.8 Å². The Morgan fingerprint density at radius 3 is 2.96 bits per heavy atom. The molecule has 1 aromatic rings. The van der Waals surface area contributed by atoms with E-state index < -0.39 is 0 Å². The summed E-state index contributed by atoms with van der Waals surface area (Å²) in [6.45, 7) is 5.84. The van der Waals surface area contributed by atoms with Gasteiger partial charge in [0.2, 0.25) is 0 Å². The normalized spacial score (nSPS) is 21.5. The molecule has 1 aliphatic carbocycles. The number of hydrogen-bond acceptors (Lipinski definition) is 4. The first kappa shape index (κ1) is 16.2. The standard InChI is InChI=1S/C17H26N4O2/c1-13-3-6-16(18-9-13)19-17(22)21-7-8-23-15(12-21)11-20(2)10-14-4-5-14/h3,6,9,14-15H,4-5,7-8,10-12H2,1-2H3,(H,18,19,22)/t15-/m0/s1. The summed E-state index contributed by atoms with van der Waals surface area (Å²) in [4.78, 5) is 20.7. The van der Waals surface area contributed by atoms with Crippen molar-refractivity contribution in [2.24, 2.45) is 5.92 Å². The molecule has 2 heterocycles. The molecule has 2 fully saturated rings. The summed E-state index contributed by atoms with van der Waals surface area (Å²) in [5.74, 6) is 1.46. The van der Waals surface area contributed by atoms with Gasteiger partial charge < -0.3 is 14.5 Å². The predicted molar refractivity (Wildman–Crippen MR) is 89.5 cm³/mol. The van der Waals surface area contributed by atoms with Crippen LogP contribution >= 0.6 is 0 Å². The van der Waals surface area contributed by atoms with E-state index in [1.807, 2.05) is 24.0 Å². The van der Waals surface area contributed by atoms with Gasteiger partial charge in [-0.15, -0.1) is 0 Å². The number of nitrogens with zero attached hydrogens (tertiary/aromatic N) is 3. The highest BCUT2D eigenvalue weighted by atomic mass is 16.5. The molecule has 1 N–H and O–H groups in total. The Hall–Kier alpha value is -1.66. The number of carbonyl (C=O) groups is 1. The highest BCUT2D eigenvalue weighted by Gasteiger charge is 2.28. The summed E-state index contributed by atoms with van der Waals surface area (Å²) in [5, 5.41) is 2.86. The number of likely N-dealkylation sites (N-methyl/N-ethyl adjacent to an activating group) is 1. The van der Waals surface area contributed by atoms with Crippen molar-refractivity contribution in [1.82, 2.24) is 14.8 Å². The quantitative estimate of drug-likeness (QED) is 0.902. The SMILES string of the molecule is Cc1ccc(NC(=O)N2CCO[C@@H](CN(C)CC3CC3)C2)nc1. The highest BCUT2D eigenvalue weighted by molar-refractivity contribution is 5.88. The number of pyridine rings is 1. The number of nitrogens with one attached hydrogen (secondary N) is 1. The van der Waals surface area contributed by atoms with Gasteiger partial charge in [0.15, 0.2) is 0 Å². The van der Waals surface area contributed by atoms with Crippen molar-refractivity contribution in [2.75, 3.05) is 45.2 Å². The minimum Gasteiger partial charge on any atom is -0.373 e. The third kappa shape index (κ3) is 4.91. The Kier molecular flexibility index (Phi) is 5.13. The van der Waals surface area contributed by atoms with Crippen molar-refractivity contribution in [3.8, 4) is 0 Å². The maximum absolute atomic E-state index is 12.4. The zero-order chi connectivity index (χ0) is 16.2. The van der Waals surface area contributed by atoms with Crippen LogP contribution in [-0.4, -0.2) is 66.8 Å². The average molecular weight is 318 g/mol. The van der Waals surface area contributed by atoms with Gasteiger partial charge in [0.25, 0.3) is 0 Å². The van der Waals surface area contributed by atoms with Gasteiger partial charge in [0.1, 0.15) is 5.82 Å². The second-order valence-corrected chi connectivity index (χ2v) is 6.75. The van der Waals surface area contributed by atoms with Crippen molar-refractivity contribution in [3.05, 3.63) is 23.9 Å². The lowest BCUT2D eigenvalue weighted by atomic mass is 10.2. The smallest absolute Gasteiger partial charge is 0.323 e. The summed E-state index contributed by atoms with van der Waals surface area (Å²) >= 11 is 0. The van der Waals surface area contributed by atoms with E-state index in [-0.39, 0.29) is 12.1 Å². The number of urea groups is 1. The Bertz CT molecular complexity index is 530. The van der Waals surface area contributed by atoms with Crippen LogP contribution in [0.3, 0.4) is 0 Å². The van der Waals surface area contributed by atoms with Crippen LogP contribution in [0.2, 0.25) is 0 Å². The van der Waals surface area contributed by atoms with Gasteiger partial charge in [-0.05, 0) is 44.4 Å². The molecule has 2 amide bonds. The first-order valence-electron chi connectivity index (χ1n) is 8.39. The van der Waals surface area contributed by atoms with E-state index in [2.05, 4.69) is 22.2 Å². The monoisotopic (exact) mass is 318 g/mol. The Labute approximate surface area is 137 Å². The fourth-order valence-corrected chi connectivity index (χ4v) is 2.91. The van der Waals surface area contributed by atoms with Gasteiger partial charge in [0.05, 0.1) is 12.7 Å². The van der Waals surface area contributed by atoms with Crippen molar-refractivity contribution < 1.29 is 9.53 Å². The predicted octanol–water partition coefficient (Wildman–Crippen LogP) is 1.96. The largest absolute Gasteiger partial charge is 0.373 e. The van der Waals surface area contributed by atoms with E-state index >= 15 is 0 Å². The number of aromatic nitrogens is 1. The van der Waals surface area contributed by atoms with E-state index in [0.29, 0.717) is 25.5 Å². The molecule has 6 heteroatoms. The van der Waals surface area contributed by atoms with E-state index in [0.717, 1.165) is 24.6 Å². The van der Waals surface area contributed by atoms with Crippen molar-refractivity contribution in [2.45, 2.75) is 25.9 Å². The molecule has 0 spiro atoms. The zero-order valence-electron chi connectivity index (χ0n) is 14.0. The van der Waals surface area contributed by atoms with Gasteiger partial charge in [-0.3, -0.25) is 5.32 Å². The van der Waals surface area contributed by atoms with Crippen LogP contribution in [0.1, 0.15) is 18.4 Å². The average Bonchev–Trinajstić information content (AvgIpc) is 3.33. The Morgan fingerprint density at radius 1 is 1.43 bits per heavy atom. The molecule has 1 saturated heterocycles. The minimum atomic E-state index is -0.0977. The van der Waals surface area contributed by atoms with Gasteiger partial charge in [-0.25, -0.2) is 9.78 Å². The molecule has 0 bridgehead atoms. The molecule has 1 saturated carbocycles. The van der Waals surface area contributed by atoms with Crippen molar-refractivity contribution >= 4 is 11.8 Å². The molecule has 1 aromatic heterocycles. The van der Waals surface area contributed by atoms with Crippen LogP contribution in [0.25, 0.3) is 0 Å². The molecular weight excluding hydrogens is 292 g/mol. The van der Waals surface area contributed by atoms with Gasteiger partial charge in [0, 0.05) is 32.4 Å². The summed E-state index contributed by atoms with van der Waals surface area (Å²) in [6, 6.07) is 3.67. The van der Waals surface area contributed by atoms with E-state index in [1.54, 1.807) is 6.20 Å². The van der Waals surface area contributed by atoms with Crippen LogP contribution in [0.15, 0.2) is 18.3 Å². The molecule has 1 atom stereocenters. The molecule has 0 radical (unpaired) electrons. The van der Waals surface area contributed by atoms with E-state index in [9.17, 15) is 4.79 Å². The minimum absolute atomic E-state index is 0.0872. The Balaban J connectivity index is 1.48. The van der Waals surface area contributed by atoms with Gasteiger partial charge in [-0.1, -0.05) is 6.07 Å². The third-order valence-electron chi connectivity index (χ3n) is 4.35. The number of anilines is 1. The summed E-state index contributed by atoms with van der Waals surface area (Å²) in [6.07, 6.45) is 4.55. The number of ether oxygens (including phenoxy) is 1. The molecule has 1 aliphatic heterocycles. The van der Waals surface area contributed by atoms with E-state index in [4.69, 9.17) is 4.74 Å². The number of hydrogen-bond donors (Lipinski definition) is 1. The van der Waals surface area contributed by atoms with Crippen LogP contribution in [0.5, 0.6) is 0 Å². The third-order valence-corrected chi connectivity index (χ3v) is 4.35. The first-order valence-corrected chi connectivity index (χ1v) is 8.39. The number of rotatable bonds is 5. The highest BCUT2D eigenvalue weighted by Crippen LogP contribution is 2.29. The molecule has 126 valence electrons. The molecule has 3 rings (SSSR count). The summed E-state index contributed by atoms with van der Waals surface area (Å²) < 4.78 is 5.82. The number of carbonyl (C=O) groups excluding carboxylic acids is 1. The maximum Gasteiger partial charge on any atom is 0.323 e. The van der Waals surface area contributed by atoms with Crippen LogP contribution in [-0.2, 0) is 4.74 Å². The van der Waals surface area contributed by atoms with Gasteiger partial charge >= 0.3 is 6.03 Å².